The third-order valence-corrected chi connectivity index (χ3v) is 4.98. The Morgan fingerprint density at radius 1 is 1.28 bits per heavy atom. The van der Waals surface area contributed by atoms with Crippen molar-refractivity contribution in [3.63, 3.8) is 0 Å². The highest BCUT2D eigenvalue weighted by Crippen LogP contribution is 2.37. The lowest BCUT2D eigenvalue weighted by Crippen LogP contribution is -2.37. The second-order valence-electron chi connectivity index (χ2n) is 5.56. The highest BCUT2D eigenvalue weighted by molar-refractivity contribution is 7.99. The van der Waals surface area contributed by atoms with Crippen molar-refractivity contribution >= 4 is 17.5 Å². The molecule has 2 aliphatic rings. The molecule has 10 heteroatoms. The third kappa shape index (κ3) is 3.29. The molecule has 0 unspecified atom stereocenters. The first-order valence-electron chi connectivity index (χ1n) is 7.37. The van der Waals surface area contributed by atoms with Crippen LogP contribution in [0.4, 0.5) is 13.2 Å². The average Bonchev–Trinajstić information content (AvgIpc) is 3.23. The number of furan rings is 1. The van der Waals surface area contributed by atoms with E-state index in [9.17, 15) is 18.0 Å². The molecule has 2 aromatic heterocycles. The molecule has 2 aliphatic heterocycles. The lowest BCUT2D eigenvalue weighted by atomic mass is 10.1. The van der Waals surface area contributed by atoms with Crippen LogP contribution < -0.4 is 0 Å². The van der Waals surface area contributed by atoms with Crippen LogP contribution in [0.15, 0.2) is 34.0 Å². The number of fused-ring (bicyclic) bond motifs is 2. The van der Waals surface area contributed by atoms with Gasteiger partial charge in [-0.2, -0.15) is 13.2 Å². The Hall–Kier alpha value is -1.91. The van der Waals surface area contributed by atoms with Gasteiger partial charge in [0.15, 0.2) is 16.7 Å². The van der Waals surface area contributed by atoms with Crippen LogP contribution in [0.2, 0.25) is 0 Å². The molecular formula is C15H11F3N2O4S. The predicted molar refractivity (Wildman–Crippen MR) is 78.6 cm³/mol. The van der Waals surface area contributed by atoms with Crippen molar-refractivity contribution in [2.75, 3.05) is 6.61 Å². The fraction of sp³-hybridized carbons (Fsp3) is 0.400. The number of nitrogens with zero attached hydrogens (tertiary/aromatic N) is 2. The Bertz CT molecular complexity index is 797. The molecule has 0 aromatic carbocycles. The molecule has 0 saturated carbocycles. The quantitative estimate of drug-likeness (QED) is 0.767. The number of ether oxygens (including phenoxy) is 2. The zero-order valence-electron chi connectivity index (χ0n) is 12.5. The van der Waals surface area contributed by atoms with E-state index in [4.69, 9.17) is 13.9 Å². The van der Waals surface area contributed by atoms with Gasteiger partial charge in [-0.3, -0.25) is 4.79 Å². The van der Waals surface area contributed by atoms with Gasteiger partial charge in [-0.25, -0.2) is 9.97 Å². The van der Waals surface area contributed by atoms with Gasteiger partial charge in [0.2, 0.25) is 6.29 Å². The Labute approximate surface area is 143 Å². The summed E-state index contributed by atoms with van der Waals surface area (Å²) >= 11 is 0.980. The number of hydrogen-bond acceptors (Lipinski definition) is 7. The minimum Gasteiger partial charge on any atom is -0.463 e. The molecule has 0 N–H and O–H groups in total. The van der Waals surface area contributed by atoms with E-state index in [0.29, 0.717) is 0 Å². The molecule has 2 aromatic rings. The SMILES string of the molecule is O=C1C[C@H](Sc2nc(-c3ccco3)cc(C(F)(F)F)n2)[C@H]2CO[C@H]1O2. The number of halogens is 3. The van der Waals surface area contributed by atoms with E-state index >= 15 is 0 Å². The number of hydrogen-bond donors (Lipinski definition) is 0. The zero-order chi connectivity index (χ0) is 17.6. The Kier molecular flexibility index (Phi) is 4.05. The molecule has 3 atom stereocenters. The van der Waals surface area contributed by atoms with Gasteiger partial charge < -0.3 is 13.9 Å². The maximum absolute atomic E-state index is 13.2. The highest BCUT2D eigenvalue weighted by atomic mass is 32.2. The van der Waals surface area contributed by atoms with Crippen molar-refractivity contribution in [1.29, 1.82) is 0 Å². The largest absolute Gasteiger partial charge is 0.463 e. The summed E-state index contributed by atoms with van der Waals surface area (Å²) in [6.45, 7) is 0.220. The summed E-state index contributed by atoms with van der Waals surface area (Å²) in [5, 5.41) is -0.493. The average molecular weight is 372 g/mol. The fourth-order valence-electron chi connectivity index (χ4n) is 2.64. The van der Waals surface area contributed by atoms with Crippen LogP contribution in [0.1, 0.15) is 12.1 Å². The number of rotatable bonds is 3. The third-order valence-electron chi connectivity index (χ3n) is 3.82. The number of thioether (sulfide) groups is 1. The minimum atomic E-state index is -4.62. The molecule has 2 saturated heterocycles. The van der Waals surface area contributed by atoms with Crippen LogP contribution in [0.25, 0.3) is 11.5 Å². The number of carbonyl (C=O) groups is 1. The number of ketones is 1. The lowest BCUT2D eigenvalue weighted by Gasteiger charge is -2.25. The van der Waals surface area contributed by atoms with Gasteiger partial charge >= 0.3 is 6.18 Å². The summed E-state index contributed by atoms with van der Waals surface area (Å²) in [7, 11) is 0. The molecule has 2 bridgehead atoms. The highest BCUT2D eigenvalue weighted by Gasteiger charge is 2.44. The van der Waals surface area contributed by atoms with E-state index in [1.54, 1.807) is 6.07 Å². The van der Waals surface area contributed by atoms with E-state index in [1.165, 1.54) is 12.3 Å². The molecule has 6 nitrogen and oxygen atoms in total. The lowest BCUT2D eigenvalue weighted by molar-refractivity contribution is -0.151. The monoisotopic (exact) mass is 372 g/mol. The van der Waals surface area contributed by atoms with Gasteiger partial charge in [-0.05, 0) is 18.2 Å². The topological polar surface area (TPSA) is 74.5 Å². The normalized spacial score (nSPS) is 26.2. The maximum atomic E-state index is 13.2. The summed E-state index contributed by atoms with van der Waals surface area (Å²) in [4.78, 5) is 19.6. The summed E-state index contributed by atoms with van der Waals surface area (Å²) in [6, 6.07) is 3.90. The van der Waals surface area contributed by atoms with Crippen LogP contribution in [-0.4, -0.2) is 40.0 Å². The van der Waals surface area contributed by atoms with Crippen molar-refractivity contribution in [2.45, 2.75) is 35.4 Å². The van der Waals surface area contributed by atoms with Crippen molar-refractivity contribution in [1.82, 2.24) is 9.97 Å². The molecular weight excluding hydrogens is 361 g/mol. The van der Waals surface area contributed by atoms with Gasteiger partial charge in [-0.1, -0.05) is 11.8 Å². The second-order valence-corrected chi connectivity index (χ2v) is 6.77. The van der Waals surface area contributed by atoms with Gasteiger partial charge in [0.25, 0.3) is 0 Å². The molecule has 4 rings (SSSR count). The van der Waals surface area contributed by atoms with Crippen LogP contribution in [0.3, 0.4) is 0 Å². The molecule has 0 spiro atoms. The first kappa shape index (κ1) is 16.6. The van der Waals surface area contributed by atoms with Gasteiger partial charge in [0.05, 0.1) is 19.0 Å². The van der Waals surface area contributed by atoms with E-state index in [2.05, 4.69) is 9.97 Å². The Morgan fingerprint density at radius 2 is 2.12 bits per heavy atom. The first-order valence-corrected chi connectivity index (χ1v) is 8.25. The smallest absolute Gasteiger partial charge is 0.433 e. The Balaban J connectivity index is 1.66. The standard InChI is InChI=1S/C15H11F3N2O4S/c16-15(17,18)12-4-7(9-2-1-3-22-9)19-14(20-12)25-11-5-8(21)13-23-6-10(11)24-13/h1-4,10-11,13H,5-6H2/t10-,11+,13+/m1/s1. The Morgan fingerprint density at radius 3 is 2.84 bits per heavy atom. The first-order chi connectivity index (χ1) is 11.9. The minimum absolute atomic E-state index is 0.0263. The number of aromatic nitrogens is 2. The molecule has 0 radical (unpaired) electrons. The van der Waals surface area contributed by atoms with Crippen LogP contribution in [0, 0.1) is 0 Å². The van der Waals surface area contributed by atoms with E-state index in [0.717, 1.165) is 17.8 Å². The number of alkyl halides is 3. The number of Topliss-reactive ketones (excluding diaryl/α,β-unsaturated/α-hetero) is 1. The van der Waals surface area contributed by atoms with Crippen LogP contribution in [0.5, 0.6) is 0 Å². The number of carbonyl (C=O) groups excluding carboxylic acids is 1. The molecule has 132 valence electrons. The molecule has 0 aliphatic carbocycles. The van der Waals surface area contributed by atoms with Crippen molar-refractivity contribution in [2.24, 2.45) is 0 Å². The molecule has 2 fully saturated rings. The van der Waals surface area contributed by atoms with E-state index in [-0.39, 0.29) is 41.5 Å². The zero-order valence-corrected chi connectivity index (χ0v) is 13.3. The maximum Gasteiger partial charge on any atom is 0.433 e. The summed E-state index contributed by atoms with van der Waals surface area (Å²) in [6.07, 6.45) is -4.38. The van der Waals surface area contributed by atoms with Crippen LogP contribution in [-0.2, 0) is 20.4 Å². The van der Waals surface area contributed by atoms with Crippen molar-refractivity contribution in [3.05, 3.63) is 30.2 Å². The predicted octanol–water partition coefficient (Wildman–Crippen LogP) is 2.93. The van der Waals surface area contributed by atoms with Gasteiger partial charge in [-0.15, -0.1) is 0 Å². The molecule has 25 heavy (non-hydrogen) atoms. The van der Waals surface area contributed by atoms with Crippen LogP contribution >= 0.6 is 11.8 Å². The summed E-state index contributed by atoms with van der Waals surface area (Å²) < 4.78 is 55.2. The summed E-state index contributed by atoms with van der Waals surface area (Å²) in [5.41, 5.74) is -1.04. The van der Waals surface area contributed by atoms with E-state index < -0.39 is 23.4 Å². The van der Waals surface area contributed by atoms with Crippen molar-refractivity contribution < 1.29 is 31.9 Å². The van der Waals surface area contributed by atoms with Gasteiger partial charge in [0.1, 0.15) is 11.4 Å². The van der Waals surface area contributed by atoms with Crippen molar-refractivity contribution in [3.8, 4) is 11.5 Å². The second kappa shape index (κ2) is 6.11. The molecule has 0 amide bonds. The van der Waals surface area contributed by atoms with Gasteiger partial charge in [0, 0.05) is 11.7 Å². The fourth-order valence-corrected chi connectivity index (χ4v) is 3.75. The summed E-state index contributed by atoms with van der Waals surface area (Å²) in [5.74, 6) is -0.0283. The molecule has 4 heterocycles. The van der Waals surface area contributed by atoms with E-state index in [1.807, 2.05) is 0 Å².